The quantitative estimate of drug-likeness (QED) is 0.378. The van der Waals surface area contributed by atoms with E-state index in [0.717, 1.165) is 10.8 Å². The first-order chi connectivity index (χ1) is 19.0. The predicted molar refractivity (Wildman–Crippen MR) is 149 cm³/mol. The van der Waals surface area contributed by atoms with Crippen molar-refractivity contribution in [2.24, 2.45) is 11.1 Å². The molecule has 0 spiro atoms. The number of fused-ring (bicyclic) bond motifs is 1. The minimum atomic E-state index is -1.41. The second kappa shape index (κ2) is 11.8. The highest BCUT2D eigenvalue weighted by molar-refractivity contribution is 6.12. The number of carbonyl (C=O) groups is 3. The monoisotopic (exact) mass is 546 g/mol. The Morgan fingerprint density at radius 3 is 2.48 bits per heavy atom. The van der Waals surface area contributed by atoms with E-state index in [0.29, 0.717) is 11.4 Å². The van der Waals surface area contributed by atoms with Gasteiger partial charge in [-0.15, -0.1) is 0 Å². The maximum atomic E-state index is 13.8. The molecule has 0 unspecified atom stereocenters. The number of hydrogen-bond donors (Lipinski definition) is 1. The predicted octanol–water partition coefficient (Wildman–Crippen LogP) is 4.01. The first-order valence-electron chi connectivity index (χ1n) is 13.2. The largest absolute Gasteiger partial charge is 0.470 e. The highest BCUT2D eigenvalue weighted by Gasteiger charge is 2.51. The number of pyridine rings is 2. The molecule has 0 radical (unpaired) electrons. The van der Waals surface area contributed by atoms with Gasteiger partial charge < -0.3 is 19.6 Å². The molecule has 0 fully saturated rings. The van der Waals surface area contributed by atoms with Crippen molar-refractivity contribution in [3.8, 4) is 5.88 Å². The van der Waals surface area contributed by atoms with Crippen LogP contribution in [0.4, 0.5) is 0 Å². The maximum Gasteiger partial charge on any atom is 0.308 e. The number of rotatable bonds is 10. The molecule has 4 rings (SSSR count). The van der Waals surface area contributed by atoms with Gasteiger partial charge in [-0.25, -0.2) is 4.98 Å². The fourth-order valence-electron chi connectivity index (χ4n) is 4.37. The van der Waals surface area contributed by atoms with E-state index in [1.165, 1.54) is 6.20 Å². The minimum Gasteiger partial charge on any atom is -0.470 e. The fourth-order valence-corrected chi connectivity index (χ4v) is 4.37. The molecule has 0 bridgehead atoms. The molecule has 1 aliphatic heterocycles. The summed E-state index contributed by atoms with van der Waals surface area (Å²) in [6.45, 7) is 8.45. The summed E-state index contributed by atoms with van der Waals surface area (Å²) in [5.41, 5.74) is -1.03. The van der Waals surface area contributed by atoms with E-state index in [4.69, 9.17) is 14.3 Å². The maximum absolute atomic E-state index is 13.8. The second-order valence-electron chi connectivity index (χ2n) is 11.0. The van der Waals surface area contributed by atoms with Gasteiger partial charge in [0.05, 0.1) is 12.1 Å². The zero-order valence-corrected chi connectivity index (χ0v) is 23.3. The number of ketones is 1. The molecule has 40 heavy (non-hydrogen) atoms. The van der Waals surface area contributed by atoms with Gasteiger partial charge in [0.2, 0.25) is 11.5 Å². The number of oxime groups is 1. The number of benzene rings is 1. The average Bonchev–Trinajstić information content (AvgIpc) is 3.37. The van der Waals surface area contributed by atoms with Crippen molar-refractivity contribution in [1.29, 1.82) is 0 Å². The van der Waals surface area contributed by atoms with E-state index in [9.17, 15) is 14.4 Å². The van der Waals surface area contributed by atoms with Crippen LogP contribution in [-0.4, -0.2) is 57.2 Å². The number of esters is 1. The van der Waals surface area contributed by atoms with Crippen molar-refractivity contribution in [1.82, 2.24) is 15.3 Å². The van der Waals surface area contributed by atoms with Gasteiger partial charge in [-0.1, -0.05) is 49.3 Å². The Morgan fingerprint density at radius 1 is 1.02 bits per heavy atom. The van der Waals surface area contributed by atoms with Gasteiger partial charge in [-0.3, -0.25) is 19.4 Å². The highest BCUT2D eigenvalue weighted by Crippen LogP contribution is 2.35. The molecule has 1 amide bonds. The Kier molecular flexibility index (Phi) is 8.46. The smallest absolute Gasteiger partial charge is 0.308 e. The van der Waals surface area contributed by atoms with Crippen LogP contribution in [0.25, 0.3) is 10.8 Å². The van der Waals surface area contributed by atoms with Crippen LogP contribution in [0.1, 0.15) is 53.2 Å². The number of carbonyl (C=O) groups excluding carboxylic acids is 3. The Morgan fingerprint density at radius 2 is 1.77 bits per heavy atom. The van der Waals surface area contributed by atoms with Crippen LogP contribution >= 0.6 is 0 Å². The summed E-state index contributed by atoms with van der Waals surface area (Å²) in [5, 5.41) is 8.88. The third kappa shape index (κ3) is 6.62. The molecule has 10 nitrogen and oxygen atoms in total. The van der Waals surface area contributed by atoms with Crippen molar-refractivity contribution in [2.75, 3.05) is 6.61 Å². The molecule has 3 aromatic rings. The highest BCUT2D eigenvalue weighted by atomic mass is 16.7. The summed E-state index contributed by atoms with van der Waals surface area (Å²) >= 11 is 0. The standard InChI is InChI=1S/C30H34N4O6/c1-19(2)30(17-23(34-40-30)27-21-11-7-6-10-20(21)13-15-32-27)28(37)33-22(16-26(36)39-29(3,4)5)24(35)18-38-25-12-8-9-14-31-25/h6-15,19,22H,16-18H2,1-5H3,(H,33,37)/t22-,30+/m0/s1. The van der Waals surface area contributed by atoms with Crippen LogP contribution < -0.4 is 10.1 Å². The van der Waals surface area contributed by atoms with Crippen LogP contribution in [0.5, 0.6) is 5.88 Å². The molecule has 1 N–H and O–H groups in total. The number of nitrogens with one attached hydrogen (secondary N) is 1. The van der Waals surface area contributed by atoms with Crippen LogP contribution in [-0.2, 0) is 24.0 Å². The number of aromatic nitrogens is 2. The molecule has 10 heteroatoms. The average molecular weight is 547 g/mol. The summed E-state index contributed by atoms with van der Waals surface area (Å²) in [6, 6.07) is 13.5. The Labute approximate surface area is 233 Å². The van der Waals surface area contributed by atoms with Gasteiger partial charge in [-0.05, 0) is 38.3 Å². The van der Waals surface area contributed by atoms with Crippen LogP contribution in [0, 0.1) is 5.92 Å². The zero-order chi connectivity index (χ0) is 28.9. The SMILES string of the molecule is CC(C)[C@@]1(C(=O)N[C@@H](CC(=O)OC(C)(C)C)C(=O)COc2ccccn2)CC(c2nccc3ccccc23)=NO1. The van der Waals surface area contributed by atoms with Gasteiger partial charge in [0.25, 0.3) is 5.91 Å². The molecule has 0 aliphatic carbocycles. The molecule has 3 heterocycles. The van der Waals surface area contributed by atoms with Gasteiger partial charge in [0, 0.05) is 36.2 Å². The molecular formula is C30H34N4O6. The number of Topliss-reactive ketones (excluding diaryl/α,β-unsaturated/α-hetero) is 1. The van der Waals surface area contributed by atoms with E-state index in [1.54, 1.807) is 45.2 Å². The molecule has 0 saturated carbocycles. The zero-order valence-electron chi connectivity index (χ0n) is 23.3. The topological polar surface area (TPSA) is 129 Å². The summed E-state index contributed by atoms with van der Waals surface area (Å²) < 4.78 is 10.9. The van der Waals surface area contributed by atoms with E-state index in [2.05, 4.69) is 20.4 Å². The van der Waals surface area contributed by atoms with Crippen LogP contribution in [0.2, 0.25) is 0 Å². The first-order valence-corrected chi connectivity index (χ1v) is 13.2. The lowest BCUT2D eigenvalue weighted by Gasteiger charge is -2.31. The molecule has 210 valence electrons. The number of hydrogen-bond acceptors (Lipinski definition) is 9. The minimum absolute atomic E-state index is 0.134. The normalized spacial score (nSPS) is 17.6. The van der Waals surface area contributed by atoms with Crippen molar-refractivity contribution < 1.29 is 28.7 Å². The summed E-state index contributed by atoms with van der Waals surface area (Å²) in [7, 11) is 0. The van der Waals surface area contributed by atoms with E-state index in [1.807, 2.05) is 44.2 Å². The van der Waals surface area contributed by atoms with Gasteiger partial charge in [0.15, 0.2) is 12.4 Å². The van der Waals surface area contributed by atoms with Crippen molar-refractivity contribution in [2.45, 2.75) is 64.7 Å². The summed E-state index contributed by atoms with van der Waals surface area (Å²) in [6.07, 6.45) is 2.98. The molecule has 1 aliphatic rings. The van der Waals surface area contributed by atoms with Gasteiger partial charge in [-0.2, -0.15) is 0 Å². The van der Waals surface area contributed by atoms with E-state index in [-0.39, 0.29) is 24.6 Å². The Hall–Kier alpha value is -4.34. The molecule has 0 saturated heterocycles. The van der Waals surface area contributed by atoms with Gasteiger partial charge >= 0.3 is 5.97 Å². The fraction of sp³-hybridized carbons (Fsp3) is 0.400. The van der Waals surface area contributed by atoms with Crippen molar-refractivity contribution in [3.05, 3.63) is 66.6 Å². The van der Waals surface area contributed by atoms with Gasteiger partial charge in [0.1, 0.15) is 17.4 Å². The number of ether oxygens (including phenoxy) is 2. The van der Waals surface area contributed by atoms with Crippen molar-refractivity contribution >= 4 is 34.1 Å². The van der Waals surface area contributed by atoms with Crippen LogP contribution in [0.3, 0.4) is 0 Å². The van der Waals surface area contributed by atoms with E-state index < -0.39 is 41.5 Å². The summed E-state index contributed by atoms with van der Waals surface area (Å²) in [4.78, 5) is 54.1. The molecule has 2 atom stereocenters. The number of amides is 1. The van der Waals surface area contributed by atoms with E-state index >= 15 is 0 Å². The lowest BCUT2D eigenvalue weighted by atomic mass is 9.83. The lowest BCUT2D eigenvalue weighted by Crippen LogP contribution is -2.56. The molecule has 2 aromatic heterocycles. The molecular weight excluding hydrogens is 512 g/mol. The Balaban J connectivity index is 1.55. The van der Waals surface area contributed by atoms with Crippen LogP contribution in [0.15, 0.2) is 66.1 Å². The number of nitrogens with zero attached hydrogens (tertiary/aromatic N) is 3. The Bertz CT molecular complexity index is 1410. The summed E-state index contributed by atoms with van der Waals surface area (Å²) in [5.74, 6) is -1.80. The third-order valence-corrected chi connectivity index (χ3v) is 6.50. The first kappa shape index (κ1) is 28.7. The third-order valence-electron chi connectivity index (χ3n) is 6.50. The molecule has 1 aromatic carbocycles. The lowest BCUT2D eigenvalue weighted by molar-refractivity contribution is -0.158. The second-order valence-corrected chi connectivity index (χ2v) is 11.0. The van der Waals surface area contributed by atoms with Crippen molar-refractivity contribution in [3.63, 3.8) is 0 Å².